The molecule has 0 atom stereocenters. The van der Waals surface area contributed by atoms with Crippen molar-refractivity contribution in [1.82, 2.24) is 14.8 Å². The molecule has 3 aromatic rings. The Kier molecular flexibility index (Phi) is 5.92. The number of halogens is 1. The Morgan fingerprint density at radius 1 is 1.24 bits per heavy atom. The first-order valence-electron chi connectivity index (χ1n) is 8.60. The van der Waals surface area contributed by atoms with Gasteiger partial charge in [0.1, 0.15) is 11.5 Å². The third-order valence-electron chi connectivity index (χ3n) is 4.36. The third kappa shape index (κ3) is 4.43. The number of thioether (sulfide) groups is 1. The molecule has 29 heavy (non-hydrogen) atoms. The van der Waals surface area contributed by atoms with Crippen LogP contribution in [0.5, 0.6) is 0 Å². The molecule has 150 valence electrons. The van der Waals surface area contributed by atoms with Crippen LogP contribution in [-0.4, -0.2) is 31.3 Å². The van der Waals surface area contributed by atoms with Crippen LogP contribution in [0.15, 0.2) is 41.6 Å². The molecule has 0 aliphatic carbocycles. The van der Waals surface area contributed by atoms with Crippen LogP contribution in [0, 0.1) is 29.8 Å². The Labute approximate surface area is 170 Å². The van der Waals surface area contributed by atoms with Gasteiger partial charge < -0.3 is 9.88 Å². The van der Waals surface area contributed by atoms with Crippen molar-refractivity contribution in [3.8, 4) is 11.4 Å². The number of aromatic nitrogens is 3. The molecule has 3 rings (SSSR count). The van der Waals surface area contributed by atoms with Gasteiger partial charge in [0.25, 0.3) is 5.69 Å². The van der Waals surface area contributed by atoms with E-state index in [-0.39, 0.29) is 17.1 Å². The number of hydrogen-bond acceptors (Lipinski definition) is 6. The highest BCUT2D eigenvalue weighted by molar-refractivity contribution is 7.99. The van der Waals surface area contributed by atoms with E-state index in [9.17, 15) is 19.3 Å². The van der Waals surface area contributed by atoms with E-state index in [4.69, 9.17) is 0 Å². The number of aryl methyl sites for hydroxylation is 2. The van der Waals surface area contributed by atoms with Gasteiger partial charge in [0.15, 0.2) is 11.0 Å². The van der Waals surface area contributed by atoms with E-state index in [1.807, 2.05) is 6.92 Å². The fourth-order valence-corrected chi connectivity index (χ4v) is 3.40. The number of benzene rings is 2. The predicted octanol–water partition coefficient (Wildman–Crippen LogP) is 3.88. The SMILES string of the molecule is Cc1cc(NC(=O)CSc2nnc(-c3ccccc3F)n2C)c([N+](=O)[O-])cc1C. The van der Waals surface area contributed by atoms with Gasteiger partial charge in [0.05, 0.1) is 16.2 Å². The fourth-order valence-electron chi connectivity index (χ4n) is 2.69. The Bertz CT molecular complexity index is 1100. The molecule has 10 heteroatoms. The Morgan fingerprint density at radius 3 is 2.62 bits per heavy atom. The van der Waals surface area contributed by atoms with Crippen molar-refractivity contribution in [3.05, 3.63) is 63.5 Å². The highest BCUT2D eigenvalue weighted by Crippen LogP contribution is 2.29. The normalized spacial score (nSPS) is 10.8. The average molecular weight is 415 g/mol. The molecule has 1 N–H and O–H groups in total. The number of nitrogens with zero attached hydrogens (tertiary/aromatic N) is 4. The van der Waals surface area contributed by atoms with E-state index in [2.05, 4.69) is 15.5 Å². The number of nitro groups is 1. The number of nitro benzene ring substituents is 1. The maximum absolute atomic E-state index is 14.0. The second kappa shape index (κ2) is 8.39. The first-order chi connectivity index (χ1) is 13.8. The Morgan fingerprint density at radius 2 is 1.93 bits per heavy atom. The molecule has 0 fully saturated rings. The van der Waals surface area contributed by atoms with Gasteiger partial charge in [-0.05, 0) is 43.2 Å². The fraction of sp³-hybridized carbons (Fsp3) is 0.211. The molecule has 0 radical (unpaired) electrons. The lowest BCUT2D eigenvalue weighted by molar-refractivity contribution is -0.384. The summed E-state index contributed by atoms with van der Waals surface area (Å²) < 4.78 is 15.6. The minimum atomic E-state index is -0.529. The van der Waals surface area contributed by atoms with Crippen molar-refractivity contribution in [2.75, 3.05) is 11.1 Å². The number of carbonyl (C=O) groups excluding carboxylic acids is 1. The summed E-state index contributed by atoms with van der Waals surface area (Å²) in [5.74, 6) is -0.528. The highest BCUT2D eigenvalue weighted by atomic mass is 32.2. The van der Waals surface area contributed by atoms with Crippen LogP contribution in [0.4, 0.5) is 15.8 Å². The van der Waals surface area contributed by atoms with Crippen LogP contribution in [0.1, 0.15) is 11.1 Å². The summed E-state index contributed by atoms with van der Waals surface area (Å²) in [5, 5.41) is 22.3. The van der Waals surface area contributed by atoms with E-state index in [1.54, 1.807) is 42.8 Å². The molecule has 0 aliphatic rings. The minimum Gasteiger partial charge on any atom is -0.320 e. The minimum absolute atomic E-state index is 0.0344. The van der Waals surface area contributed by atoms with E-state index in [0.29, 0.717) is 16.5 Å². The van der Waals surface area contributed by atoms with Gasteiger partial charge in [-0.3, -0.25) is 14.9 Å². The molecule has 1 heterocycles. The molecular weight excluding hydrogens is 397 g/mol. The van der Waals surface area contributed by atoms with Gasteiger partial charge in [0.2, 0.25) is 5.91 Å². The smallest absolute Gasteiger partial charge is 0.293 e. The lowest BCUT2D eigenvalue weighted by Gasteiger charge is -2.09. The van der Waals surface area contributed by atoms with Gasteiger partial charge in [-0.1, -0.05) is 23.9 Å². The number of amides is 1. The molecule has 2 aromatic carbocycles. The molecule has 0 saturated carbocycles. The molecule has 0 bridgehead atoms. The summed E-state index contributed by atoms with van der Waals surface area (Å²) in [6.07, 6.45) is 0. The molecule has 0 spiro atoms. The van der Waals surface area contributed by atoms with Crippen molar-refractivity contribution in [2.24, 2.45) is 7.05 Å². The molecule has 8 nitrogen and oxygen atoms in total. The van der Waals surface area contributed by atoms with Crippen molar-refractivity contribution in [3.63, 3.8) is 0 Å². The molecule has 1 aromatic heterocycles. The number of carbonyl (C=O) groups is 1. The van der Waals surface area contributed by atoms with Gasteiger partial charge in [-0.2, -0.15) is 0 Å². The molecule has 0 aliphatic heterocycles. The van der Waals surface area contributed by atoms with Crippen LogP contribution in [-0.2, 0) is 11.8 Å². The van der Waals surface area contributed by atoms with E-state index < -0.39 is 16.6 Å². The lowest BCUT2D eigenvalue weighted by atomic mass is 10.1. The summed E-state index contributed by atoms with van der Waals surface area (Å²) in [6, 6.07) is 9.22. The number of hydrogen-bond donors (Lipinski definition) is 1. The zero-order valence-corrected chi connectivity index (χ0v) is 16.8. The quantitative estimate of drug-likeness (QED) is 0.372. The standard InChI is InChI=1S/C19H18FN5O3S/c1-11-8-15(16(25(27)28)9-12(11)2)21-17(26)10-29-19-23-22-18(24(19)3)13-6-4-5-7-14(13)20/h4-9H,10H2,1-3H3,(H,21,26). The second-order valence-electron chi connectivity index (χ2n) is 6.39. The van der Waals surface area contributed by atoms with Crippen molar-refractivity contribution in [2.45, 2.75) is 19.0 Å². The maximum atomic E-state index is 14.0. The summed E-state index contributed by atoms with van der Waals surface area (Å²) >= 11 is 1.10. The second-order valence-corrected chi connectivity index (χ2v) is 7.34. The first kappa shape index (κ1) is 20.5. The van der Waals surface area contributed by atoms with Gasteiger partial charge in [-0.25, -0.2) is 4.39 Å². The summed E-state index contributed by atoms with van der Waals surface area (Å²) in [5.41, 5.74) is 1.90. The van der Waals surface area contributed by atoms with Crippen molar-refractivity contribution in [1.29, 1.82) is 0 Å². The van der Waals surface area contributed by atoms with Crippen LogP contribution < -0.4 is 5.32 Å². The van der Waals surface area contributed by atoms with Crippen molar-refractivity contribution >= 4 is 29.0 Å². The molecule has 1 amide bonds. The summed E-state index contributed by atoms with van der Waals surface area (Å²) in [6.45, 7) is 3.58. The van der Waals surface area contributed by atoms with Crippen LogP contribution in [0.25, 0.3) is 11.4 Å². The summed E-state index contributed by atoms with van der Waals surface area (Å²) in [4.78, 5) is 23.1. The Hall–Kier alpha value is -3.27. The predicted molar refractivity (Wildman–Crippen MR) is 108 cm³/mol. The Balaban J connectivity index is 1.72. The molecule has 0 saturated heterocycles. The zero-order valence-electron chi connectivity index (χ0n) is 16.0. The van der Waals surface area contributed by atoms with Crippen LogP contribution >= 0.6 is 11.8 Å². The number of rotatable bonds is 6. The maximum Gasteiger partial charge on any atom is 0.293 e. The average Bonchev–Trinajstić information content (AvgIpc) is 3.03. The first-order valence-corrected chi connectivity index (χ1v) is 9.59. The van der Waals surface area contributed by atoms with Gasteiger partial charge in [-0.15, -0.1) is 10.2 Å². The van der Waals surface area contributed by atoms with E-state index >= 15 is 0 Å². The summed E-state index contributed by atoms with van der Waals surface area (Å²) in [7, 11) is 1.68. The van der Waals surface area contributed by atoms with Crippen LogP contribution in [0.3, 0.4) is 0 Å². The zero-order chi connectivity index (χ0) is 21.1. The van der Waals surface area contributed by atoms with Crippen LogP contribution in [0.2, 0.25) is 0 Å². The van der Waals surface area contributed by atoms with E-state index in [1.165, 1.54) is 12.1 Å². The number of anilines is 1. The number of nitrogens with one attached hydrogen (secondary N) is 1. The topological polar surface area (TPSA) is 103 Å². The monoisotopic (exact) mass is 415 g/mol. The molecule has 0 unspecified atom stereocenters. The van der Waals surface area contributed by atoms with Crippen molar-refractivity contribution < 1.29 is 14.1 Å². The lowest BCUT2D eigenvalue weighted by Crippen LogP contribution is -2.16. The van der Waals surface area contributed by atoms with Gasteiger partial charge >= 0.3 is 0 Å². The van der Waals surface area contributed by atoms with E-state index in [0.717, 1.165) is 22.9 Å². The van der Waals surface area contributed by atoms with Gasteiger partial charge in [0, 0.05) is 13.1 Å². The largest absolute Gasteiger partial charge is 0.320 e. The molecular formula is C19H18FN5O3S. The third-order valence-corrected chi connectivity index (χ3v) is 5.39. The highest BCUT2D eigenvalue weighted by Gasteiger charge is 2.19.